The second-order valence-corrected chi connectivity index (χ2v) is 10.8. The smallest absolute Gasteiger partial charge is 0.340 e. The van der Waals surface area contributed by atoms with Crippen LogP contribution in [0.5, 0.6) is 0 Å². The SMILES string of the molecule is CC(=O)N1CCN([C@@H]2CCN(C(=O)Cn3nc(C4CC4)cc3C(F)(F)F)[C@@H]2c2cc(F)cc(C)c2Cl)CC1. The highest BCUT2D eigenvalue weighted by Crippen LogP contribution is 2.43. The molecule has 38 heavy (non-hydrogen) atoms. The van der Waals surface area contributed by atoms with E-state index in [2.05, 4.69) is 10.00 Å². The van der Waals surface area contributed by atoms with E-state index in [1.54, 1.807) is 11.8 Å². The van der Waals surface area contributed by atoms with Gasteiger partial charge in [0.15, 0.2) is 0 Å². The fourth-order valence-electron chi connectivity index (χ4n) is 5.73. The molecule has 206 valence electrons. The predicted molar refractivity (Wildman–Crippen MR) is 132 cm³/mol. The number of rotatable bonds is 5. The minimum absolute atomic E-state index is 0.000821. The number of hydrogen-bond acceptors (Lipinski definition) is 4. The van der Waals surface area contributed by atoms with Crippen LogP contribution in [0.25, 0.3) is 0 Å². The third-order valence-corrected chi connectivity index (χ3v) is 8.37. The van der Waals surface area contributed by atoms with Gasteiger partial charge in [-0.15, -0.1) is 0 Å². The number of piperazine rings is 1. The average molecular weight is 556 g/mol. The van der Waals surface area contributed by atoms with Crippen LogP contribution in [-0.4, -0.2) is 75.1 Å². The van der Waals surface area contributed by atoms with Gasteiger partial charge < -0.3 is 9.80 Å². The zero-order chi connectivity index (χ0) is 27.4. The maximum Gasteiger partial charge on any atom is 0.433 e. The van der Waals surface area contributed by atoms with E-state index in [0.717, 1.165) is 23.6 Å². The number of carbonyl (C=O) groups excluding carboxylic acids is 2. The van der Waals surface area contributed by atoms with Gasteiger partial charge in [0.2, 0.25) is 11.8 Å². The number of aryl methyl sites for hydroxylation is 1. The van der Waals surface area contributed by atoms with E-state index < -0.39 is 36.2 Å². The van der Waals surface area contributed by atoms with Crippen molar-refractivity contribution in [3.05, 3.63) is 51.6 Å². The number of amides is 2. The number of alkyl halides is 3. The Morgan fingerprint density at radius 3 is 2.34 bits per heavy atom. The second kappa shape index (κ2) is 10.1. The Morgan fingerprint density at radius 2 is 1.74 bits per heavy atom. The Bertz CT molecular complexity index is 1240. The van der Waals surface area contributed by atoms with Crippen LogP contribution in [0.4, 0.5) is 17.6 Å². The molecular weight excluding hydrogens is 526 g/mol. The third kappa shape index (κ3) is 5.27. The van der Waals surface area contributed by atoms with Crippen LogP contribution in [0.1, 0.15) is 60.7 Å². The monoisotopic (exact) mass is 555 g/mol. The van der Waals surface area contributed by atoms with E-state index in [-0.39, 0.29) is 24.4 Å². The van der Waals surface area contributed by atoms with Crippen LogP contribution in [0.15, 0.2) is 18.2 Å². The van der Waals surface area contributed by atoms with Gasteiger partial charge in [0, 0.05) is 56.6 Å². The van der Waals surface area contributed by atoms with Crippen LogP contribution in [0.2, 0.25) is 5.02 Å². The summed E-state index contributed by atoms with van der Waals surface area (Å²) in [6, 6.07) is 2.78. The van der Waals surface area contributed by atoms with Crippen LogP contribution >= 0.6 is 11.6 Å². The first-order valence-corrected chi connectivity index (χ1v) is 13.2. The summed E-state index contributed by atoms with van der Waals surface area (Å²) in [5.74, 6) is -1.05. The molecule has 0 N–H and O–H groups in total. The summed E-state index contributed by atoms with van der Waals surface area (Å²) in [4.78, 5) is 30.8. The van der Waals surface area contributed by atoms with E-state index in [1.165, 1.54) is 24.0 Å². The quantitative estimate of drug-likeness (QED) is 0.514. The standard InChI is InChI=1S/C26H30ClF4N5O2/c1-15-11-18(28)12-19(24(15)27)25-21(34-9-7-33(8-10-34)16(2)37)5-6-35(25)23(38)14-36-22(26(29,30)31)13-20(32-36)17-3-4-17/h11-13,17,21,25H,3-10,14H2,1-2H3/t21-,25-/m1/s1. The number of hydrogen-bond donors (Lipinski definition) is 0. The van der Waals surface area contributed by atoms with Crippen molar-refractivity contribution < 1.29 is 27.2 Å². The molecule has 0 radical (unpaired) electrons. The maximum atomic E-state index is 14.6. The fraction of sp³-hybridized carbons (Fsp3) is 0.577. The zero-order valence-electron chi connectivity index (χ0n) is 21.3. The van der Waals surface area contributed by atoms with Crippen molar-refractivity contribution in [2.45, 2.75) is 63.8 Å². The van der Waals surface area contributed by atoms with Crippen molar-refractivity contribution in [2.24, 2.45) is 0 Å². The van der Waals surface area contributed by atoms with Gasteiger partial charge in [-0.25, -0.2) is 4.39 Å². The Morgan fingerprint density at radius 1 is 1.05 bits per heavy atom. The van der Waals surface area contributed by atoms with Gasteiger partial charge in [0.25, 0.3) is 0 Å². The van der Waals surface area contributed by atoms with E-state index in [4.69, 9.17) is 11.6 Å². The molecule has 3 fully saturated rings. The maximum absolute atomic E-state index is 14.6. The van der Waals surface area contributed by atoms with Crippen LogP contribution in [0, 0.1) is 12.7 Å². The van der Waals surface area contributed by atoms with E-state index in [1.807, 2.05) is 0 Å². The second-order valence-electron chi connectivity index (χ2n) is 10.4. The fourth-order valence-corrected chi connectivity index (χ4v) is 5.95. The molecule has 7 nitrogen and oxygen atoms in total. The topological polar surface area (TPSA) is 61.7 Å². The Labute approximate surface area is 223 Å². The minimum Gasteiger partial charge on any atom is -0.340 e. The van der Waals surface area contributed by atoms with Crippen LogP contribution in [0.3, 0.4) is 0 Å². The number of likely N-dealkylation sites (tertiary alicyclic amines) is 1. The number of nitrogens with zero attached hydrogens (tertiary/aromatic N) is 5. The number of benzene rings is 1. The Kier molecular flexibility index (Phi) is 7.19. The van der Waals surface area contributed by atoms with Crippen molar-refractivity contribution >= 4 is 23.4 Å². The molecule has 5 rings (SSSR count). The zero-order valence-corrected chi connectivity index (χ0v) is 22.0. The summed E-state index contributed by atoms with van der Waals surface area (Å²) in [5, 5.41) is 4.47. The molecule has 2 saturated heterocycles. The summed E-state index contributed by atoms with van der Waals surface area (Å²) in [6.45, 7) is 5.08. The molecule has 2 amide bonds. The van der Waals surface area contributed by atoms with Gasteiger partial charge in [-0.3, -0.25) is 19.2 Å². The highest BCUT2D eigenvalue weighted by Gasteiger charge is 2.44. The largest absolute Gasteiger partial charge is 0.433 e. The number of aromatic nitrogens is 2. The van der Waals surface area contributed by atoms with Crippen molar-refractivity contribution in [1.82, 2.24) is 24.5 Å². The highest BCUT2D eigenvalue weighted by molar-refractivity contribution is 6.32. The highest BCUT2D eigenvalue weighted by atomic mass is 35.5. The van der Waals surface area contributed by atoms with Gasteiger partial charge in [0.1, 0.15) is 18.1 Å². The first kappa shape index (κ1) is 26.9. The van der Waals surface area contributed by atoms with Crippen molar-refractivity contribution in [2.75, 3.05) is 32.7 Å². The normalized spacial score (nSPS) is 22.8. The molecular formula is C26H30ClF4N5O2. The van der Waals surface area contributed by atoms with Crippen molar-refractivity contribution in [3.63, 3.8) is 0 Å². The van der Waals surface area contributed by atoms with Gasteiger partial charge in [0.05, 0.1) is 11.7 Å². The molecule has 1 aromatic carbocycles. The molecule has 2 aromatic rings. The number of carbonyl (C=O) groups is 2. The molecule has 1 aromatic heterocycles. The molecule has 2 aliphatic heterocycles. The minimum atomic E-state index is -4.65. The lowest BCUT2D eigenvalue weighted by atomic mass is 9.96. The summed E-state index contributed by atoms with van der Waals surface area (Å²) >= 11 is 6.63. The molecule has 0 spiro atoms. The van der Waals surface area contributed by atoms with Gasteiger partial charge in [-0.1, -0.05) is 11.6 Å². The summed E-state index contributed by atoms with van der Waals surface area (Å²) in [7, 11) is 0. The van der Waals surface area contributed by atoms with Gasteiger partial charge >= 0.3 is 6.18 Å². The van der Waals surface area contributed by atoms with Crippen molar-refractivity contribution in [1.29, 1.82) is 0 Å². The molecule has 3 heterocycles. The van der Waals surface area contributed by atoms with Crippen LogP contribution < -0.4 is 0 Å². The Hall–Kier alpha value is -2.66. The Balaban J connectivity index is 1.45. The predicted octanol–water partition coefficient (Wildman–Crippen LogP) is 4.39. The molecule has 0 bridgehead atoms. The summed E-state index contributed by atoms with van der Waals surface area (Å²) < 4.78 is 56.6. The van der Waals surface area contributed by atoms with E-state index in [0.29, 0.717) is 54.4 Å². The lowest BCUT2D eigenvalue weighted by molar-refractivity contribution is -0.146. The molecule has 1 saturated carbocycles. The third-order valence-electron chi connectivity index (χ3n) is 7.85. The molecule has 1 aliphatic carbocycles. The first-order valence-electron chi connectivity index (χ1n) is 12.8. The summed E-state index contributed by atoms with van der Waals surface area (Å²) in [6.07, 6.45) is -2.54. The van der Waals surface area contributed by atoms with Crippen LogP contribution in [-0.2, 0) is 22.3 Å². The molecule has 0 unspecified atom stereocenters. The van der Waals surface area contributed by atoms with Crippen molar-refractivity contribution in [3.8, 4) is 0 Å². The summed E-state index contributed by atoms with van der Waals surface area (Å²) in [5.41, 5.74) is 0.360. The average Bonchev–Trinajstić information content (AvgIpc) is 3.46. The first-order chi connectivity index (χ1) is 17.9. The number of halogens is 5. The molecule has 2 atom stereocenters. The van der Waals surface area contributed by atoms with Gasteiger partial charge in [-0.05, 0) is 55.5 Å². The molecule has 3 aliphatic rings. The molecule has 12 heteroatoms. The van der Waals surface area contributed by atoms with E-state index >= 15 is 0 Å². The van der Waals surface area contributed by atoms with Gasteiger partial charge in [-0.2, -0.15) is 18.3 Å². The lowest BCUT2D eigenvalue weighted by Crippen LogP contribution is -2.53. The van der Waals surface area contributed by atoms with E-state index in [9.17, 15) is 27.2 Å². The lowest BCUT2D eigenvalue weighted by Gasteiger charge is -2.41.